The third-order valence-corrected chi connectivity index (χ3v) is 4.88. The molecule has 0 aliphatic heterocycles. The molecular weight excluding hydrogens is 364 g/mol. The minimum absolute atomic E-state index is 0.181. The monoisotopic (exact) mass is 386 g/mol. The van der Waals surface area contributed by atoms with E-state index in [0.29, 0.717) is 0 Å². The molecule has 0 amide bonds. The number of hydrogen-bond acceptors (Lipinski definition) is 1. The van der Waals surface area contributed by atoms with Gasteiger partial charge in [-0.25, -0.2) is 0 Å². The highest BCUT2D eigenvalue weighted by molar-refractivity contribution is 5.80. The third kappa shape index (κ3) is 4.69. The summed E-state index contributed by atoms with van der Waals surface area (Å²) in [5, 5.41) is 0. The summed E-state index contributed by atoms with van der Waals surface area (Å²) in [5.74, 6) is 4.34. The Kier molecular flexibility index (Phi) is 6.08. The molecule has 0 fully saturated rings. The van der Waals surface area contributed by atoms with E-state index >= 15 is 0 Å². The van der Waals surface area contributed by atoms with Gasteiger partial charge >= 0.3 is 0 Å². The van der Waals surface area contributed by atoms with Gasteiger partial charge in [-0.2, -0.15) is 0 Å². The molecule has 0 saturated heterocycles. The van der Waals surface area contributed by atoms with E-state index in [1.165, 1.54) is 0 Å². The summed E-state index contributed by atoms with van der Waals surface area (Å²) >= 11 is 0. The van der Waals surface area contributed by atoms with Crippen LogP contribution in [-0.2, 0) is 0 Å². The molecule has 0 aromatic heterocycles. The topological polar surface area (TPSA) is 9.23 Å². The van der Waals surface area contributed by atoms with Crippen LogP contribution >= 0.6 is 0 Å². The summed E-state index contributed by atoms with van der Waals surface area (Å²) in [6.45, 7) is 0. The van der Waals surface area contributed by atoms with Gasteiger partial charge in [0.25, 0.3) is 0 Å². The van der Waals surface area contributed by atoms with E-state index in [-0.39, 0.29) is 5.92 Å². The highest BCUT2D eigenvalue weighted by atomic mass is 16.5. The number of hydrogen-bond donors (Lipinski definition) is 0. The largest absolute Gasteiger partial charge is 0.457 e. The van der Waals surface area contributed by atoms with E-state index in [9.17, 15) is 0 Å². The van der Waals surface area contributed by atoms with Gasteiger partial charge in [-0.05, 0) is 46.5 Å². The lowest BCUT2D eigenvalue weighted by Crippen LogP contribution is -1.96. The van der Waals surface area contributed by atoms with Crippen molar-refractivity contribution >= 4 is 5.57 Å². The lowest BCUT2D eigenvalue weighted by Gasteiger charge is -2.14. The summed E-state index contributed by atoms with van der Waals surface area (Å²) in [5.41, 5.74) is 4.42. The number of para-hydroxylation sites is 1. The summed E-state index contributed by atoms with van der Waals surface area (Å²) in [4.78, 5) is 0. The van der Waals surface area contributed by atoms with Gasteiger partial charge in [-0.15, -0.1) is 6.42 Å². The first-order valence-corrected chi connectivity index (χ1v) is 9.95. The van der Waals surface area contributed by atoms with Crippen LogP contribution in [-0.4, -0.2) is 0 Å². The van der Waals surface area contributed by atoms with Gasteiger partial charge in [-0.3, -0.25) is 0 Å². The van der Waals surface area contributed by atoms with Crippen LogP contribution in [0.2, 0.25) is 0 Å². The standard InChI is InChI=1S/C29H22O/c1-2-23(26-17-12-20-28(21-26)30-27-18-10-5-11-19-27)22-29(24-13-6-3-7-14-24)25-15-8-4-9-16-25/h1,3-23H. The van der Waals surface area contributed by atoms with Gasteiger partial charge in [0.1, 0.15) is 11.5 Å². The molecule has 0 aliphatic rings. The van der Waals surface area contributed by atoms with Crippen LogP contribution in [0.3, 0.4) is 0 Å². The van der Waals surface area contributed by atoms with Crippen LogP contribution < -0.4 is 4.74 Å². The lowest BCUT2D eigenvalue weighted by molar-refractivity contribution is 0.482. The quantitative estimate of drug-likeness (QED) is 0.315. The average molecular weight is 386 g/mol. The molecule has 4 aromatic carbocycles. The van der Waals surface area contributed by atoms with Gasteiger partial charge in [-0.1, -0.05) is 103 Å². The zero-order valence-corrected chi connectivity index (χ0v) is 16.6. The maximum Gasteiger partial charge on any atom is 0.127 e. The fourth-order valence-corrected chi connectivity index (χ4v) is 3.40. The zero-order valence-electron chi connectivity index (χ0n) is 16.6. The molecule has 0 aliphatic carbocycles. The number of rotatable bonds is 6. The second-order valence-corrected chi connectivity index (χ2v) is 6.94. The van der Waals surface area contributed by atoms with Gasteiger partial charge in [0.15, 0.2) is 0 Å². The van der Waals surface area contributed by atoms with Crippen molar-refractivity contribution in [3.05, 3.63) is 138 Å². The van der Waals surface area contributed by atoms with E-state index in [1.807, 2.05) is 91.0 Å². The number of ether oxygens (including phenoxy) is 1. The summed E-state index contributed by atoms with van der Waals surface area (Å²) < 4.78 is 6.00. The normalized spacial score (nSPS) is 11.2. The van der Waals surface area contributed by atoms with Crippen molar-refractivity contribution in [3.8, 4) is 23.8 Å². The molecule has 144 valence electrons. The number of terminal acetylenes is 1. The second kappa shape index (κ2) is 9.45. The molecule has 0 radical (unpaired) electrons. The van der Waals surface area contributed by atoms with Gasteiger partial charge in [0, 0.05) is 0 Å². The van der Waals surface area contributed by atoms with Crippen LogP contribution in [0.4, 0.5) is 0 Å². The molecular formula is C29H22O. The molecule has 1 unspecified atom stereocenters. The van der Waals surface area contributed by atoms with Crippen LogP contribution in [0, 0.1) is 12.3 Å². The van der Waals surface area contributed by atoms with E-state index in [1.54, 1.807) is 0 Å². The molecule has 0 saturated carbocycles. The van der Waals surface area contributed by atoms with Crippen LogP contribution in [0.1, 0.15) is 22.6 Å². The maximum absolute atomic E-state index is 6.00. The summed E-state index contributed by atoms with van der Waals surface area (Å²) in [7, 11) is 0. The predicted octanol–water partition coefficient (Wildman–Crippen LogP) is 7.33. The molecule has 4 aromatic rings. The van der Waals surface area contributed by atoms with E-state index in [4.69, 9.17) is 11.2 Å². The molecule has 0 heterocycles. The van der Waals surface area contributed by atoms with Crippen molar-refractivity contribution in [2.24, 2.45) is 0 Å². The molecule has 4 rings (SSSR count). The second-order valence-electron chi connectivity index (χ2n) is 6.94. The average Bonchev–Trinajstić information content (AvgIpc) is 2.82. The molecule has 30 heavy (non-hydrogen) atoms. The fourth-order valence-electron chi connectivity index (χ4n) is 3.40. The highest BCUT2D eigenvalue weighted by Crippen LogP contribution is 2.30. The van der Waals surface area contributed by atoms with Crippen molar-refractivity contribution in [1.82, 2.24) is 0 Å². The van der Waals surface area contributed by atoms with E-state index < -0.39 is 0 Å². The first-order chi connectivity index (χ1) is 14.8. The Morgan fingerprint density at radius 2 is 1.20 bits per heavy atom. The third-order valence-electron chi connectivity index (χ3n) is 4.88. The van der Waals surface area contributed by atoms with Gasteiger partial charge < -0.3 is 4.74 Å². The Morgan fingerprint density at radius 3 is 1.77 bits per heavy atom. The number of benzene rings is 4. The van der Waals surface area contributed by atoms with Crippen LogP contribution in [0.15, 0.2) is 121 Å². The van der Waals surface area contributed by atoms with Crippen molar-refractivity contribution in [2.45, 2.75) is 5.92 Å². The molecule has 1 heteroatoms. The minimum Gasteiger partial charge on any atom is -0.457 e. The Labute approximate surface area is 178 Å². The van der Waals surface area contributed by atoms with E-state index in [2.05, 4.69) is 36.3 Å². The molecule has 0 bridgehead atoms. The van der Waals surface area contributed by atoms with Gasteiger partial charge in [0.05, 0.1) is 5.92 Å². The Bertz CT molecular complexity index is 1110. The maximum atomic E-state index is 6.00. The molecule has 0 spiro atoms. The fraction of sp³-hybridized carbons (Fsp3) is 0.0345. The SMILES string of the molecule is C#CC(C=C(c1ccccc1)c1ccccc1)c1cccc(Oc2ccccc2)c1. The van der Waals surface area contributed by atoms with Crippen molar-refractivity contribution in [2.75, 3.05) is 0 Å². The molecule has 0 N–H and O–H groups in total. The van der Waals surface area contributed by atoms with Crippen LogP contribution in [0.5, 0.6) is 11.5 Å². The highest BCUT2D eigenvalue weighted by Gasteiger charge is 2.12. The first kappa shape index (κ1) is 19.3. The van der Waals surface area contributed by atoms with Crippen molar-refractivity contribution < 1.29 is 4.74 Å². The van der Waals surface area contributed by atoms with Crippen LogP contribution in [0.25, 0.3) is 5.57 Å². The Morgan fingerprint density at radius 1 is 0.667 bits per heavy atom. The van der Waals surface area contributed by atoms with E-state index in [0.717, 1.165) is 33.8 Å². The lowest BCUT2D eigenvalue weighted by atomic mass is 9.91. The zero-order chi connectivity index (χ0) is 20.6. The van der Waals surface area contributed by atoms with Crippen molar-refractivity contribution in [1.29, 1.82) is 0 Å². The summed E-state index contributed by atoms with van der Waals surface area (Å²) in [6, 6.07) is 38.4. The Hall–Kier alpha value is -4.02. The molecule has 1 nitrogen and oxygen atoms in total. The predicted molar refractivity (Wildman–Crippen MR) is 124 cm³/mol. The molecule has 1 atom stereocenters. The first-order valence-electron chi connectivity index (χ1n) is 9.95. The van der Waals surface area contributed by atoms with Gasteiger partial charge in [0.2, 0.25) is 0 Å². The summed E-state index contributed by atoms with van der Waals surface area (Å²) in [6.07, 6.45) is 8.14. The van der Waals surface area contributed by atoms with Crippen molar-refractivity contribution in [3.63, 3.8) is 0 Å². The smallest absolute Gasteiger partial charge is 0.127 e. The Balaban J connectivity index is 1.71. The minimum atomic E-state index is -0.181. The number of allylic oxidation sites excluding steroid dienone is 1.